The topological polar surface area (TPSA) is 68.0 Å². The van der Waals surface area contributed by atoms with Crippen molar-refractivity contribution in [3.63, 3.8) is 0 Å². The van der Waals surface area contributed by atoms with Crippen molar-refractivity contribution in [2.45, 2.75) is 12.8 Å². The third kappa shape index (κ3) is 4.40. The maximum absolute atomic E-state index is 11.8. The number of hydrogen-bond donors (Lipinski definition) is 1. The average Bonchev–Trinajstić information content (AvgIpc) is 3.20. The summed E-state index contributed by atoms with van der Waals surface area (Å²) in [5, 5.41) is 13.5. The molecule has 0 saturated heterocycles. The molecule has 0 fully saturated rings. The molecule has 0 radical (unpaired) electrons. The van der Waals surface area contributed by atoms with E-state index >= 15 is 0 Å². The van der Waals surface area contributed by atoms with Gasteiger partial charge in [-0.2, -0.15) is 0 Å². The van der Waals surface area contributed by atoms with Crippen LogP contribution in [0.25, 0.3) is 11.5 Å². The molecule has 118 valence electrons. The van der Waals surface area contributed by atoms with Crippen LogP contribution in [0.2, 0.25) is 5.02 Å². The van der Waals surface area contributed by atoms with Gasteiger partial charge in [-0.25, -0.2) is 0 Å². The van der Waals surface area contributed by atoms with Crippen LogP contribution in [0, 0.1) is 0 Å². The molecule has 0 atom stereocenters. The molecule has 23 heavy (non-hydrogen) atoms. The molecular weight excluding hydrogens is 334 g/mol. The van der Waals surface area contributed by atoms with E-state index in [-0.39, 0.29) is 5.91 Å². The Balaban J connectivity index is 1.49. The Kier molecular flexibility index (Phi) is 5.05. The van der Waals surface area contributed by atoms with Gasteiger partial charge < -0.3 is 9.73 Å². The van der Waals surface area contributed by atoms with Crippen molar-refractivity contribution in [3.05, 3.63) is 57.6 Å². The number of carbonyl (C=O) groups excluding carboxylic acids is 1. The zero-order chi connectivity index (χ0) is 16.1. The van der Waals surface area contributed by atoms with Crippen molar-refractivity contribution in [2.24, 2.45) is 0 Å². The van der Waals surface area contributed by atoms with Crippen LogP contribution in [0.4, 0.5) is 0 Å². The Morgan fingerprint density at radius 1 is 1.22 bits per heavy atom. The first-order valence-corrected chi connectivity index (χ1v) is 8.34. The molecule has 0 aliphatic rings. The largest absolute Gasteiger partial charge is 0.421 e. The molecular formula is C16H14ClN3O2S. The fraction of sp³-hybridized carbons (Fsp3) is 0.188. The predicted molar refractivity (Wildman–Crippen MR) is 89.5 cm³/mol. The SMILES string of the molecule is O=C(Cc1cccs1)NCCc1nnc(-c2ccc(Cl)cc2)o1. The van der Waals surface area contributed by atoms with E-state index < -0.39 is 0 Å². The van der Waals surface area contributed by atoms with E-state index in [4.69, 9.17) is 16.0 Å². The molecule has 0 unspecified atom stereocenters. The maximum atomic E-state index is 11.8. The number of aromatic nitrogens is 2. The van der Waals surface area contributed by atoms with Crippen molar-refractivity contribution in [2.75, 3.05) is 6.54 Å². The molecule has 1 amide bonds. The first-order valence-electron chi connectivity index (χ1n) is 7.08. The first kappa shape index (κ1) is 15.7. The molecule has 0 spiro atoms. The van der Waals surface area contributed by atoms with E-state index in [1.807, 2.05) is 29.6 Å². The highest BCUT2D eigenvalue weighted by molar-refractivity contribution is 7.10. The molecule has 2 heterocycles. The lowest BCUT2D eigenvalue weighted by Gasteiger charge is -2.01. The van der Waals surface area contributed by atoms with Gasteiger partial charge in [0.25, 0.3) is 0 Å². The number of nitrogens with zero attached hydrogens (tertiary/aromatic N) is 2. The second-order valence-electron chi connectivity index (χ2n) is 4.86. The van der Waals surface area contributed by atoms with Gasteiger partial charge in [-0.05, 0) is 35.7 Å². The minimum atomic E-state index is -0.00936. The summed E-state index contributed by atoms with van der Waals surface area (Å²) in [6.45, 7) is 0.465. The lowest BCUT2D eigenvalue weighted by Crippen LogP contribution is -2.27. The van der Waals surface area contributed by atoms with E-state index in [2.05, 4.69) is 15.5 Å². The molecule has 0 aliphatic carbocycles. The summed E-state index contributed by atoms with van der Waals surface area (Å²) in [4.78, 5) is 12.8. The summed E-state index contributed by atoms with van der Waals surface area (Å²) in [7, 11) is 0. The number of thiophene rings is 1. The van der Waals surface area contributed by atoms with Crippen molar-refractivity contribution >= 4 is 28.8 Å². The second kappa shape index (κ2) is 7.39. The van der Waals surface area contributed by atoms with Gasteiger partial charge in [0.15, 0.2) is 0 Å². The standard InChI is InChI=1S/C16H14ClN3O2S/c17-12-5-3-11(4-6-12)16-20-19-15(22-16)7-8-18-14(21)10-13-2-1-9-23-13/h1-6,9H,7-8,10H2,(H,18,21). The molecule has 0 saturated carbocycles. The highest BCUT2D eigenvalue weighted by Crippen LogP contribution is 2.20. The van der Waals surface area contributed by atoms with Crippen LogP contribution in [-0.2, 0) is 17.6 Å². The van der Waals surface area contributed by atoms with Gasteiger partial charge in [-0.3, -0.25) is 4.79 Å². The molecule has 1 aromatic carbocycles. The number of carbonyl (C=O) groups is 1. The van der Waals surface area contributed by atoms with Gasteiger partial charge in [0.1, 0.15) is 0 Å². The number of rotatable bonds is 6. The van der Waals surface area contributed by atoms with Crippen LogP contribution in [0.5, 0.6) is 0 Å². The number of halogens is 1. The van der Waals surface area contributed by atoms with Gasteiger partial charge in [-0.15, -0.1) is 21.5 Å². The molecule has 3 rings (SSSR count). The van der Waals surface area contributed by atoms with Crippen molar-refractivity contribution < 1.29 is 9.21 Å². The number of amides is 1. The number of hydrogen-bond acceptors (Lipinski definition) is 5. The smallest absolute Gasteiger partial charge is 0.247 e. The Morgan fingerprint density at radius 2 is 2.04 bits per heavy atom. The fourth-order valence-electron chi connectivity index (χ4n) is 2.01. The van der Waals surface area contributed by atoms with Crippen LogP contribution < -0.4 is 5.32 Å². The minimum Gasteiger partial charge on any atom is -0.421 e. The summed E-state index contributed by atoms with van der Waals surface area (Å²) in [5.41, 5.74) is 0.815. The van der Waals surface area contributed by atoms with Crippen LogP contribution in [0.3, 0.4) is 0 Å². The summed E-state index contributed by atoms with van der Waals surface area (Å²) in [6, 6.07) is 11.1. The third-order valence-corrected chi connectivity index (χ3v) is 4.26. The summed E-state index contributed by atoms with van der Waals surface area (Å²) in [6.07, 6.45) is 0.897. The normalized spacial score (nSPS) is 10.7. The van der Waals surface area contributed by atoms with Gasteiger partial charge in [0, 0.05) is 28.4 Å². The van der Waals surface area contributed by atoms with Gasteiger partial charge in [-0.1, -0.05) is 17.7 Å². The number of benzene rings is 1. The summed E-state index contributed by atoms with van der Waals surface area (Å²) in [5.74, 6) is 0.929. The Morgan fingerprint density at radius 3 is 2.78 bits per heavy atom. The van der Waals surface area contributed by atoms with Gasteiger partial charge >= 0.3 is 0 Å². The van der Waals surface area contributed by atoms with Crippen LogP contribution in [-0.4, -0.2) is 22.6 Å². The zero-order valence-electron chi connectivity index (χ0n) is 12.2. The molecule has 0 bridgehead atoms. The van der Waals surface area contributed by atoms with Crippen LogP contribution in [0.15, 0.2) is 46.2 Å². The zero-order valence-corrected chi connectivity index (χ0v) is 13.7. The fourth-order valence-corrected chi connectivity index (χ4v) is 2.84. The van der Waals surface area contributed by atoms with E-state index in [0.717, 1.165) is 10.4 Å². The third-order valence-electron chi connectivity index (χ3n) is 3.13. The lowest BCUT2D eigenvalue weighted by molar-refractivity contribution is -0.120. The van der Waals surface area contributed by atoms with E-state index in [1.54, 1.807) is 23.5 Å². The molecule has 0 aliphatic heterocycles. The highest BCUT2D eigenvalue weighted by atomic mass is 35.5. The van der Waals surface area contributed by atoms with Crippen LogP contribution >= 0.6 is 22.9 Å². The Bertz CT molecular complexity index is 769. The van der Waals surface area contributed by atoms with E-state index in [1.165, 1.54) is 0 Å². The van der Waals surface area contributed by atoms with Crippen LogP contribution in [0.1, 0.15) is 10.8 Å². The summed E-state index contributed by atoms with van der Waals surface area (Å²) < 4.78 is 5.58. The average molecular weight is 348 g/mol. The Labute approximate surface area is 142 Å². The summed E-state index contributed by atoms with van der Waals surface area (Å²) >= 11 is 7.42. The second-order valence-corrected chi connectivity index (χ2v) is 6.33. The molecule has 7 heteroatoms. The lowest BCUT2D eigenvalue weighted by atomic mass is 10.2. The molecule has 3 aromatic rings. The van der Waals surface area contributed by atoms with E-state index in [9.17, 15) is 4.79 Å². The molecule has 1 N–H and O–H groups in total. The predicted octanol–water partition coefficient (Wildman–Crippen LogP) is 3.35. The van der Waals surface area contributed by atoms with Crippen molar-refractivity contribution in [1.82, 2.24) is 15.5 Å². The van der Waals surface area contributed by atoms with Gasteiger partial charge in [0.2, 0.25) is 17.7 Å². The monoisotopic (exact) mass is 347 g/mol. The van der Waals surface area contributed by atoms with Gasteiger partial charge in [0.05, 0.1) is 6.42 Å². The van der Waals surface area contributed by atoms with E-state index in [0.29, 0.717) is 36.2 Å². The highest BCUT2D eigenvalue weighted by Gasteiger charge is 2.09. The first-order chi connectivity index (χ1) is 11.2. The maximum Gasteiger partial charge on any atom is 0.247 e. The van der Waals surface area contributed by atoms with Crippen molar-refractivity contribution in [1.29, 1.82) is 0 Å². The molecule has 5 nitrogen and oxygen atoms in total. The quantitative estimate of drug-likeness (QED) is 0.742. The Hall–Kier alpha value is -2.18. The number of nitrogens with one attached hydrogen (secondary N) is 1. The minimum absolute atomic E-state index is 0.00936. The molecule has 2 aromatic heterocycles. The van der Waals surface area contributed by atoms with Crippen molar-refractivity contribution in [3.8, 4) is 11.5 Å².